The van der Waals surface area contributed by atoms with E-state index in [0.29, 0.717) is 12.5 Å². The maximum Gasteiger partial charge on any atom is 0.146 e. The molecule has 5 heteroatoms. The van der Waals surface area contributed by atoms with Crippen molar-refractivity contribution in [2.75, 3.05) is 25.2 Å². The fourth-order valence-corrected chi connectivity index (χ4v) is 2.14. The van der Waals surface area contributed by atoms with Crippen LogP contribution in [0.3, 0.4) is 0 Å². The molecular formula is C12H16FN3O. The van der Waals surface area contributed by atoms with E-state index in [1.54, 1.807) is 6.20 Å². The normalized spacial score (nSPS) is 28.4. The van der Waals surface area contributed by atoms with Crippen LogP contribution in [0.2, 0.25) is 0 Å². The highest BCUT2D eigenvalue weighted by Gasteiger charge is 2.33. The molecule has 2 heterocycles. The fourth-order valence-electron chi connectivity index (χ4n) is 2.14. The molecule has 0 amide bonds. The van der Waals surface area contributed by atoms with Crippen molar-refractivity contribution < 1.29 is 9.13 Å². The van der Waals surface area contributed by atoms with Crippen LogP contribution in [0.25, 0.3) is 0 Å². The van der Waals surface area contributed by atoms with Gasteiger partial charge in [0.25, 0.3) is 0 Å². The van der Waals surface area contributed by atoms with Crippen LogP contribution in [0.15, 0.2) is 12.3 Å². The molecule has 1 saturated heterocycles. The maximum atomic E-state index is 13.6. The zero-order valence-electron chi connectivity index (χ0n) is 9.84. The molecule has 2 fully saturated rings. The first-order chi connectivity index (χ1) is 8.25. The van der Waals surface area contributed by atoms with Crippen molar-refractivity contribution in [3.05, 3.63) is 18.1 Å². The van der Waals surface area contributed by atoms with Crippen molar-refractivity contribution in [3.63, 3.8) is 0 Å². The lowest BCUT2D eigenvalue weighted by atomic mass is 10.2. The second-order valence-electron chi connectivity index (χ2n) is 4.78. The average molecular weight is 237 g/mol. The van der Waals surface area contributed by atoms with Crippen LogP contribution >= 0.6 is 0 Å². The Bertz CT molecular complexity index is 410. The summed E-state index contributed by atoms with van der Waals surface area (Å²) in [4.78, 5) is 10.6. The van der Waals surface area contributed by atoms with E-state index in [-0.39, 0.29) is 12.6 Å². The first-order valence-corrected chi connectivity index (χ1v) is 6.03. The highest BCUT2D eigenvalue weighted by atomic mass is 19.1. The summed E-state index contributed by atoms with van der Waals surface area (Å²) in [6.45, 7) is 0.621. The number of rotatable bonds is 3. The monoisotopic (exact) mass is 237 g/mol. The van der Waals surface area contributed by atoms with Crippen molar-refractivity contribution in [1.82, 2.24) is 9.97 Å². The molecule has 2 unspecified atom stereocenters. The number of ether oxygens (including phenoxy) is 1. The lowest BCUT2D eigenvalue weighted by molar-refractivity contribution is 0.173. The van der Waals surface area contributed by atoms with Crippen molar-refractivity contribution >= 4 is 5.82 Å². The smallest absolute Gasteiger partial charge is 0.146 e. The first kappa shape index (κ1) is 10.9. The first-order valence-electron chi connectivity index (χ1n) is 6.03. The SMILES string of the molecule is CN(c1ccnc(C2CC2)n1)C1COCC1F. The van der Waals surface area contributed by atoms with Gasteiger partial charge in [0.05, 0.1) is 19.3 Å². The molecule has 0 N–H and O–H groups in total. The lowest BCUT2D eigenvalue weighted by Gasteiger charge is -2.25. The van der Waals surface area contributed by atoms with Gasteiger partial charge in [-0.25, -0.2) is 14.4 Å². The molecule has 0 radical (unpaired) electrons. The Morgan fingerprint density at radius 1 is 1.41 bits per heavy atom. The minimum absolute atomic E-state index is 0.190. The molecule has 0 spiro atoms. The molecule has 92 valence electrons. The van der Waals surface area contributed by atoms with Crippen LogP contribution in [0.4, 0.5) is 10.2 Å². The number of hydrogen-bond acceptors (Lipinski definition) is 4. The van der Waals surface area contributed by atoms with E-state index in [9.17, 15) is 4.39 Å². The number of anilines is 1. The van der Waals surface area contributed by atoms with Gasteiger partial charge in [-0.15, -0.1) is 0 Å². The highest BCUT2D eigenvalue weighted by molar-refractivity contribution is 5.39. The number of likely N-dealkylation sites (N-methyl/N-ethyl adjacent to an activating group) is 1. The Labute approximate surface area is 99.8 Å². The third-order valence-electron chi connectivity index (χ3n) is 3.44. The number of nitrogens with zero attached hydrogens (tertiary/aromatic N) is 3. The van der Waals surface area contributed by atoms with Crippen molar-refractivity contribution in [1.29, 1.82) is 0 Å². The van der Waals surface area contributed by atoms with Gasteiger partial charge < -0.3 is 9.64 Å². The molecule has 1 saturated carbocycles. The van der Waals surface area contributed by atoms with Crippen LogP contribution < -0.4 is 4.90 Å². The minimum atomic E-state index is -0.931. The highest BCUT2D eigenvalue weighted by Crippen LogP contribution is 2.38. The average Bonchev–Trinajstić information content (AvgIpc) is 3.12. The van der Waals surface area contributed by atoms with Gasteiger partial charge >= 0.3 is 0 Å². The standard InChI is InChI=1S/C12H16FN3O/c1-16(10-7-17-6-9(10)13)11-4-5-14-12(15-11)8-2-3-8/h4-5,8-10H,2-3,6-7H2,1H3. The van der Waals surface area contributed by atoms with E-state index in [0.717, 1.165) is 11.6 Å². The molecule has 1 aliphatic heterocycles. The van der Waals surface area contributed by atoms with Gasteiger partial charge in [-0.1, -0.05) is 0 Å². The Kier molecular flexibility index (Phi) is 2.70. The largest absolute Gasteiger partial charge is 0.376 e. The van der Waals surface area contributed by atoms with Gasteiger partial charge in [0, 0.05) is 19.2 Å². The molecular weight excluding hydrogens is 221 g/mol. The molecule has 1 aromatic heterocycles. The van der Waals surface area contributed by atoms with Gasteiger partial charge in [0.1, 0.15) is 17.8 Å². The summed E-state index contributed by atoms with van der Waals surface area (Å²) in [5.74, 6) is 2.20. The predicted octanol–water partition coefficient (Wildman–Crippen LogP) is 1.53. The third-order valence-corrected chi connectivity index (χ3v) is 3.44. The summed E-state index contributed by atoms with van der Waals surface area (Å²) >= 11 is 0. The topological polar surface area (TPSA) is 38.2 Å². The molecule has 17 heavy (non-hydrogen) atoms. The second-order valence-corrected chi connectivity index (χ2v) is 4.78. The number of halogens is 1. The van der Waals surface area contributed by atoms with E-state index in [2.05, 4.69) is 9.97 Å². The summed E-state index contributed by atoms with van der Waals surface area (Å²) in [6.07, 6.45) is 3.17. The van der Waals surface area contributed by atoms with Gasteiger partial charge in [-0.2, -0.15) is 0 Å². The predicted molar refractivity (Wildman–Crippen MR) is 61.9 cm³/mol. The van der Waals surface area contributed by atoms with Crippen LogP contribution in [-0.2, 0) is 4.74 Å². The van der Waals surface area contributed by atoms with Gasteiger partial charge in [-0.05, 0) is 18.9 Å². The lowest BCUT2D eigenvalue weighted by Crippen LogP contribution is -2.39. The molecule has 4 nitrogen and oxygen atoms in total. The number of alkyl halides is 1. The van der Waals surface area contributed by atoms with E-state index in [4.69, 9.17) is 4.74 Å². The van der Waals surface area contributed by atoms with E-state index < -0.39 is 6.17 Å². The molecule has 0 bridgehead atoms. The third kappa shape index (κ3) is 2.11. The fraction of sp³-hybridized carbons (Fsp3) is 0.667. The maximum absolute atomic E-state index is 13.6. The van der Waals surface area contributed by atoms with Crippen LogP contribution in [0.1, 0.15) is 24.6 Å². The zero-order chi connectivity index (χ0) is 11.8. The van der Waals surface area contributed by atoms with Crippen molar-refractivity contribution in [2.24, 2.45) is 0 Å². The Morgan fingerprint density at radius 2 is 2.24 bits per heavy atom. The van der Waals surface area contributed by atoms with Crippen molar-refractivity contribution in [3.8, 4) is 0 Å². The second kappa shape index (κ2) is 4.22. The summed E-state index contributed by atoms with van der Waals surface area (Å²) in [5, 5.41) is 0. The van der Waals surface area contributed by atoms with E-state index >= 15 is 0 Å². The molecule has 0 aromatic carbocycles. The summed E-state index contributed by atoms with van der Waals surface area (Å²) in [6, 6.07) is 1.61. The van der Waals surface area contributed by atoms with Crippen LogP contribution in [-0.4, -0.2) is 42.4 Å². The number of aromatic nitrogens is 2. The molecule has 1 aliphatic carbocycles. The number of hydrogen-bond donors (Lipinski definition) is 0. The van der Waals surface area contributed by atoms with Crippen molar-refractivity contribution in [2.45, 2.75) is 31.0 Å². The Hall–Kier alpha value is -1.23. The molecule has 2 atom stereocenters. The Balaban J connectivity index is 1.80. The summed E-state index contributed by atoms with van der Waals surface area (Å²) < 4.78 is 18.7. The van der Waals surface area contributed by atoms with E-state index in [1.165, 1.54) is 12.8 Å². The molecule has 2 aliphatic rings. The summed E-state index contributed by atoms with van der Waals surface area (Å²) in [7, 11) is 1.87. The minimum Gasteiger partial charge on any atom is -0.376 e. The van der Waals surface area contributed by atoms with Gasteiger partial charge in [0.15, 0.2) is 0 Å². The van der Waals surface area contributed by atoms with Gasteiger partial charge in [-0.3, -0.25) is 0 Å². The Morgan fingerprint density at radius 3 is 2.88 bits per heavy atom. The molecule has 1 aromatic rings. The van der Waals surface area contributed by atoms with Crippen LogP contribution in [0, 0.1) is 0 Å². The summed E-state index contributed by atoms with van der Waals surface area (Å²) in [5.41, 5.74) is 0. The zero-order valence-corrected chi connectivity index (χ0v) is 9.84. The van der Waals surface area contributed by atoms with E-state index in [1.807, 2.05) is 18.0 Å². The quantitative estimate of drug-likeness (QED) is 0.799. The molecule has 3 rings (SSSR count). The van der Waals surface area contributed by atoms with Crippen LogP contribution in [0.5, 0.6) is 0 Å². The van der Waals surface area contributed by atoms with Gasteiger partial charge in [0.2, 0.25) is 0 Å².